The van der Waals surface area contributed by atoms with Gasteiger partial charge in [-0.15, -0.1) is 0 Å². The SMILES string of the molecule is Cc1c(-c2cc(F)ccc2F)nc2n1CC(N)CC2C. The van der Waals surface area contributed by atoms with Gasteiger partial charge in [0.2, 0.25) is 0 Å². The molecule has 1 aromatic heterocycles. The van der Waals surface area contributed by atoms with E-state index in [1.807, 2.05) is 11.5 Å². The summed E-state index contributed by atoms with van der Waals surface area (Å²) in [7, 11) is 0. The molecule has 106 valence electrons. The van der Waals surface area contributed by atoms with Gasteiger partial charge in [0.1, 0.15) is 17.5 Å². The van der Waals surface area contributed by atoms with Crippen LogP contribution in [0.1, 0.15) is 30.8 Å². The lowest BCUT2D eigenvalue weighted by Gasteiger charge is -2.26. The monoisotopic (exact) mass is 277 g/mol. The molecule has 3 rings (SSSR count). The van der Waals surface area contributed by atoms with Crippen LogP contribution < -0.4 is 5.73 Å². The van der Waals surface area contributed by atoms with Gasteiger partial charge in [-0.05, 0) is 31.5 Å². The summed E-state index contributed by atoms with van der Waals surface area (Å²) in [5.74, 6) is 0.212. The summed E-state index contributed by atoms with van der Waals surface area (Å²) in [6.07, 6.45) is 0.863. The zero-order valence-corrected chi connectivity index (χ0v) is 11.5. The molecule has 0 saturated carbocycles. The minimum atomic E-state index is -0.462. The fourth-order valence-corrected chi connectivity index (χ4v) is 2.96. The highest BCUT2D eigenvalue weighted by molar-refractivity contribution is 5.63. The number of nitrogens with two attached hydrogens (primary N) is 1. The molecule has 1 aromatic carbocycles. The lowest BCUT2D eigenvalue weighted by molar-refractivity contribution is 0.403. The van der Waals surface area contributed by atoms with E-state index in [1.54, 1.807) is 0 Å². The number of nitrogens with zero attached hydrogens (tertiary/aromatic N) is 2. The van der Waals surface area contributed by atoms with Crippen LogP contribution in [0.4, 0.5) is 8.78 Å². The van der Waals surface area contributed by atoms with E-state index in [0.29, 0.717) is 12.2 Å². The maximum absolute atomic E-state index is 13.9. The number of halogens is 2. The van der Waals surface area contributed by atoms with Crippen molar-refractivity contribution < 1.29 is 8.78 Å². The highest BCUT2D eigenvalue weighted by Gasteiger charge is 2.27. The average molecular weight is 277 g/mol. The van der Waals surface area contributed by atoms with E-state index in [4.69, 9.17) is 5.73 Å². The van der Waals surface area contributed by atoms with Gasteiger partial charge < -0.3 is 10.3 Å². The van der Waals surface area contributed by atoms with Crippen molar-refractivity contribution in [3.8, 4) is 11.3 Å². The summed E-state index contributed by atoms with van der Waals surface area (Å²) in [6, 6.07) is 3.53. The van der Waals surface area contributed by atoms with Crippen molar-refractivity contribution in [2.75, 3.05) is 0 Å². The third-order valence-electron chi connectivity index (χ3n) is 3.95. The highest BCUT2D eigenvalue weighted by Crippen LogP contribution is 2.33. The second-order valence-electron chi connectivity index (χ2n) is 5.54. The van der Waals surface area contributed by atoms with Crippen molar-refractivity contribution in [2.24, 2.45) is 5.73 Å². The van der Waals surface area contributed by atoms with Crippen LogP contribution in [0.25, 0.3) is 11.3 Å². The van der Waals surface area contributed by atoms with Gasteiger partial charge in [-0.25, -0.2) is 13.8 Å². The Morgan fingerprint density at radius 2 is 2.10 bits per heavy atom. The second kappa shape index (κ2) is 4.66. The van der Waals surface area contributed by atoms with Crippen LogP contribution in [-0.2, 0) is 6.54 Å². The Labute approximate surface area is 116 Å². The lowest BCUT2D eigenvalue weighted by Crippen LogP contribution is -2.34. The Morgan fingerprint density at radius 1 is 1.35 bits per heavy atom. The summed E-state index contributed by atoms with van der Waals surface area (Å²) in [4.78, 5) is 4.54. The van der Waals surface area contributed by atoms with Crippen LogP contribution in [0.5, 0.6) is 0 Å². The van der Waals surface area contributed by atoms with Crippen LogP contribution in [0, 0.1) is 18.6 Å². The summed E-state index contributed by atoms with van der Waals surface area (Å²) in [6.45, 7) is 4.61. The number of rotatable bonds is 1. The van der Waals surface area contributed by atoms with Crippen molar-refractivity contribution in [1.82, 2.24) is 9.55 Å². The summed E-state index contributed by atoms with van der Waals surface area (Å²) in [5.41, 5.74) is 7.59. The Kier molecular flexibility index (Phi) is 3.09. The van der Waals surface area contributed by atoms with E-state index >= 15 is 0 Å². The van der Waals surface area contributed by atoms with Gasteiger partial charge in [0.05, 0.1) is 5.69 Å². The molecule has 0 bridgehead atoms. The Morgan fingerprint density at radius 3 is 2.85 bits per heavy atom. The molecule has 2 unspecified atom stereocenters. The van der Waals surface area contributed by atoms with Gasteiger partial charge in [-0.2, -0.15) is 0 Å². The Balaban J connectivity index is 2.17. The minimum absolute atomic E-state index is 0.0793. The maximum Gasteiger partial charge on any atom is 0.132 e. The standard InChI is InChI=1S/C15H17F2N3/c1-8-5-11(18)7-20-9(2)14(19-15(8)20)12-6-10(16)3-4-13(12)17/h3-4,6,8,11H,5,7,18H2,1-2H3. The van der Waals surface area contributed by atoms with Crippen molar-refractivity contribution in [3.05, 3.63) is 41.4 Å². The minimum Gasteiger partial charge on any atom is -0.330 e. The molecule has 20 heavy (non-hydrogen) atoms. The number of benzene rings is 1. The molecule has 0 spiro atoms. The van der Waals surface area contributed by atoms with Crippen LogP contribution in [0.3, 0.4) is 0 Å². The van der Waals surface area contributed by atoms with E-state index in [1.165, 1.54) is 6.07 Å². The first kappa shape index (κ1) is 13.2. The van der Waals surface area contributed by atoms with E-state index in [-0.39, 0.29) is 17.5 Å². The predicted octanol–water partition coefficient (Wildman–Crippen LogP) is 2.97. The largest absolute Gasteiger partial charge is 0.330 e. The highest BCUT2D eigenvalue weighted by atomic mass is 19.1. The number of imidazole rings is 1. The van der Waals surface area contributed by atoms with E-state index in [0.717, 1.165) is 30.1 Å². The molecule has 2 N–H and O–H groups in total. The van der Waals surface area contributed by atoms with Gasteiger partial charge in [-0.3, -0.25) is 0 Å². The average Bonchev–Trinajstić information content (AvgIpc) is 2.71. The first-order chi connectivity index (χ1) is 9.47. The Hall–Kier alpha value is -1.75. The molecule has 3 nitrogen and oxygen atoms in total. The number of fused-ring (bicyclic) bond motifs is 1. The van der Waals surface area contributed by atoms with Gasteiger partial charge in [0, 0.05) is 29.8 Å². The summed E-state index contributed by atoms with van der Waals surface area (Å²) >= 11 is 0. The number of aromatic nitrogens is 2. The molecular formula is C15H17F2N3. The molecule has 1 aliphatic heterocycles. The molecule has 0 aliphatic carbocycles. The number of hydrogen-bond donors (Lipinski definition) is 1. The molecule has 2 atom stereocenters. The molecule has 0 saturated heterocycles. The molecule has 1 aliphatic rings. The van der Waals surface area contributed by atoms with Crippen molar-refractivity contribution in [1.29, 1.82) is 0 Å². The van der Waals surface area contributed by atoms with Crippen molar-refractivity contribution in [2.45, 2.75) is 38.8 Å². The molecule has 2 heterocycles. The Bertz CT molecular complexity index is 663. The zero-order valence-electron chi connectivity index (χ0n) is 11.5. The summed E-state index contributed by atoms with van der Waals surface area (Å²) in [5, 5.41) is 0. The molecule has 5 heteroatoms. The van der Waals surface area contributed by atoms with Gasteiger partial charge in [0.25, 0.3) is 0 Å². The first-order valence-corrected chi connectivity index (χ1v) is 6.75. The van der Waals surface area contributed by atoms with Crippen molar-refractivity contribution in [3.63, 3.8) is 0 Å². The second-order valence-corrected chi connectivity index (χ2v) is 5.54. The topological polar surface area (TPSA) is 43.8 Å². The van der Waals surface area contributed by atoms with Gasteiger partial charge in [0.15, 0.2) is 0 Å². The lowest BCUT2D eigenvalue weighted by atomic mass is 9.98. The molecule has 0 amide bonds. The van der Waals surface area contributed by atoms with Gasteiger partial charge in [-0.1, -0.05) is 6.92 Å². The van der Waals surface area contributed by atoms with E-state index in [9.17, 15) is 8.78 Å². The van der Waals surface area contributed by atoms with Crippen molar-refractivity contribution >= 4 is 0 Å². The molecular weight excluding hydrogens is 260 g/mol. The van der Waals surface area contributed by atoms with Crippen LogP contribution in [-0.4, -0.2) is 15.6 Å². The fraction of sp³-hybridized carbons (Fsp3) is 0.400. The molecule has 0 radical (unpaired) electrons. The van der Waals surface area contributed by atoms with Crippen LogP contribution in [0.15, 0.2) is 18.2 Å². The first-order valence-electron chi connectivity index (χ1n) is 6.75. The van der Waals surface area contributed by atoms with E-state index in [2.05, 4.69) is 11.9 Å². The number of hydrogen-bond acceptors (Lipinski definition) is 2. The maximum atomic E-state index is 13.9. The molecule has 2 aromatic rings. The fourth-order valence-electron chi connectivity index (χ4n) is 2.96. The zero-order chi connectivity index (χ0) is 14.4. The molecule has 0 fully saturated rings. The third kappa shape index (κ3) is 2.02. The summed E-state index contributed by atoms with van der Waals surface area (Å²) < 4.78 is 29.3. The van der Waals surface area contributed by atoms with Crippen LogP contribution in [0.2, 0.25) is 0 Å². The third-order valence-corrected chi connectivity index (χ3v) is 3.95. The quantitative estimate of drug-likeness (QED) is 0.871. The normalized spacial score (nSPS) is 21.9. The predicted molar refractivity (Wildman–Crippen MR) is 73.3 cm³/mol. The van der Waals surface area contributed by atoms with Gasteiger partial charge >= 0.3 is 0 Å². The van der Waals surface area contributed by atoms with Crippen LogP contribution >= 0.6 is 0 Å². The van der Waals surface area contributed by atoms with E-state index < -0.39 is 11.6 Å². The smallest absolute Gasteiger partial charge is 0.132 e.